The zero-order valence-corrected chi connectivity index (χ0v) is 11.4. The summed E-state index contributed by atoms with van der Waals surface area (Å²) in [5, 5.41) is 3.44. The lowest BCUT2D eigenvalue weighted by Gasteiger charge is -2.19. The van der Waals surface area contributed by atoms with Crippen molar-refractivity contribution in [2.75, 3.05) is 37.0 Å². The van der Waals surface area contributed by atoms with E-state index in [1.807, 2.05) is 6.20 Å². The van der Waals surface area contributed by atoms with Crippen LogP contribution in [0.25, 0.3) is 0 Å². The topological polar surface area (TPSA) is 37.4 Å². The van der Waals surface area contributed by atoms with Crippen LogP contribution in [0.1, 0.15) is 26.2 Å². The molecule has 1 aliphatic rings. The third-order valence-electron chi connectivity index (χ3n) is 3.41. The van der Waals surface area contributed by atoms with Crippen LogP contribution in [0.2, 0.25) is 0 Å². The molecule has 4 nitrogen and oxygen atoms in total. The number of aromatic nitrogens is 1. The predicted octanol–water partition coefficient (Wildman–Crippen LogP) is 2.52. The van der Waals surface area contributed by atoms with E-state index in [0.29, 0.717) is 6.04 Å². The molecule has 1 aromatic rings. The summed E-state index contributed by atoms with van der Waals surface area (Å²) in [5.41, 5.74) is 1.07. The summed E-state index contributed by atoms with van der Waals surface area (Å²) in [7, 11) is 1.74. The molecule has 0 spiro atoms. The molecule has 0 saturated carbocycles. The molecule has 0 aromatic carbocycles. The second-order valence-corrected chi connectivity index (χ2v) is 4.80. The lowest BCUT2D eigenvalue weighted by atomic mass is 10.2. The lowest BCUT2D eigenvalue weighted by Crippen LogP contribution is -2.24. The summed E-state index contributed by atoms with van der Waals surface area (Å²) in [6.45, 7) is 5.16. The molecule has 18 heavy (non-hydrogen) atoms. The van der Waals surface area contributed by atoms with Crippen molar-refractivity contribution in [3.63, 3.8) is 0 Å². The normalized spacial score (nSPS) is 16.9. The number of nitrogens with zero attached hydrogens (tertiary/aromatic N) is 2. The molecule has 0 bridgehead atoms. The van der Waals surface area contributed by atoms with Gasteiger partial charge in [0.25, 0.3) is 0 Å². The van der Waals surface area contributed by atoms with E-state index in [1.165, 1.54) is 12.8 Å². The van der Waals surface area contributed by atoms with Gasteiger partial charge >= 0.3 is 0 Å². The van der Waals surface area contributed by atoms with E-state index >= 15 is 0 Å². The van der Waals surface area contributed by atoms with Gasteiger partial charge in [0.2, 0.25) is 0 Å². The van der Waals surface area contributed by atoms with Crippen LogP contribution in [0.4, 0.5) is 11.5 Å². The molecule has 1 aliphatic heterocycles. The van der Waals surface area contributed by atoms with Crippen molar-refractivity contribution >= 4 is 11.5 Å². The number of hydrogen-bond acceptors (Lipinski definition) is 4. The molecule has 4 heteroatoms. The van der Waals surface area contributed by atoms with Crippen molar-refractivity contribution in [2.45, 2.75) is 32.2 Å². The third kappa shape index (κ3) is 3.35. The second-order valence-electron chi connectivity index (χ2n) is 4.80. The van der Waals surface area contributed by atoms with E-state index in [9.17, 15) is 0 Å². The quantitative estimate of drug-likeness (QED) is 0.840. The Hall–Kier alpha value is -1.29. The zero-order chi connectivity index (χ0) is 12.8. The van der Waals surface area contributed by atoms with E-state index in [4.69, 9.17) is 4.74 Å². The molecule has 2 heterocycles. The second kappa shape index (κ2) is 6.59. The molecule has 100 valence electrons. The van der Waals surface area contributed by atoms with Crippen LogP contribution in [0.3, 0.4) is 0 Å². The Morgan fingerprint density at radius 1 is 1.39 bits per heavy atom. The Morgan fingerprint density at radius 3 is 2.72 bits per heavy atom. The van der Waals surface area contributed by atoms with Gasteiger partial charge < -0.3 is 15.0 Å². The highest BCUT2D eigenvalue weighted by Gasteiger charge is 2.13. The van der Waals surface area contributed by atoms with Gasteiger partial charge in [-0.25, -0.2) is 4.98 Å². The molecule has 1 aromatic heterocycles. The number of ether oxygens (including phenoxy) is 1. The number of nitrogens with one attached hydrogen (secondary N) is 1. The average molecular weight is 249 g/mol. The van der Waals surface area contributed by atoms with Crippen LogP contribution >= 0.6 is 0 Å². The Bertz CT molecular complexity index is 347. The number of anilines is 2. The van der Waals surface area contributed by atoms with Gasteiger partial charge in [0.05, 0.1) is 18.5 Å². The SMILES string of the molecule is CCC(COC)Nc1ccc(N2CCCC2)nc1. The Labute approximate surface area is 109 Å². The van der Waals surface area contributed by atoms with Crippen LogP contribution in [0.5, 0.6) is 0 Å². The minimum atomic E-state index is 0.356. The summed E-state index contributed by atoms with van der Waals surface area (Å²) < 4.78 is 5.18. The molecule has 0 radical (unpaired) electrons. The molecule has 0 amide bonds. The average Bonchev–Trinajstić information content (AvgIpc) is 2.93. The van der Waals surface area contributed by atoms with E-state index < -0.39 is 0 Å². The van der Waals surface area contributed by atoms with Crippen molar-refractivity contribution in [1.82, 2.24) is 4.98 Å². The monoisotopic (exact) mass is 249 g/mol. The minimum absolute atomic E-state index is 0.356. The fourth-order valence-electron chi connectivity index (χ4n) is 2.30. The minimum Gasteiger partial charge on any atom is -0.383 e. The first-order chi connectivity index (χ1) is 8.83. The molecular weight excluding hydrogens is 226 g/mol. The van der Waals surface area contributed by atoms with Crippen molar-refractivity contribution < 1.29 is 4.74 Å². The van der Waals surface area contributed by atoms with Gasteiger partial charge in [0, 0.05) is 26.2 Å². The summed E-state index contributed by atoms with van der Waals surface area (Å²) >= 11 is 0. The highest BCUT2D eigenvalue weighted by Crippen LogP contribution is 2.19. The maximum Gasteiger partial charge on any atom is 0.128 e. The predicted molar refractivity (Wildman–Crippen MR) is 75.3 cm³/mol. The van der Waals surface area contributed by atoms with Crippen molar-refractivity contribution in [1.29, 1.82) is 0 Å². The van der Waals surface area contributed by atoms with Gasteiger partial charge in [0.1, 0.15) is 5.82 Å². The Kier molecular flexibility index (Phi) is 4.81. The molecule has 1 saturated heterocycles. The molecule has 2 rings (SSSR count). The van der Waals surface area contributed by atoms with Crippen molar-refractivity contribution in [2.24, 2.45) is 0 Å². The van der Waals surface area contributed by atoms with Crippen LogP contribution in [-0.4, -0.2) is 37.8 Å². The van der Waals surface area contributed by atoms with Crippen molar-refractivity contribution in [3.05, 3.63) is 18.3 Å². The highest BCUT2D eigenvalue weighted by atomic mass is 16.5. The lowest BCUT2D eigenvalue weighted by molar-refractivity contribution is 0.184. The summed E-state index contributed by atoms with van der Waals surface area (Å²) in [6.07, 6.45) is 5.54. The highest BCUT2D eigenvalue weighted by molar-refractivity contribution is 5.49. The summed E-state index contributed by atoms with van der Waals surface area (Å²) in [5.74, 6) is 1.10. The Balaban J connectivity index is 1.94. The van der Waals surface area contributed by atoms with Crippen molar-refractivity contribution in [3.8, 4) is 0 Å². The van der Waals surface area contributed by atoms with Gasteiger partial charge in [0.15, 0.2) is 0 Å². The van der Waals surface area contributed by atoms with Gasteiger partial charge in [-0.05, 0) is 31.4 Å². The first-order valence-electron chi connectivity index (χ1n) is 6.80. The number of rotatable bonds is 6. The number of pyridine rings is 1. The molecular formula is C14H23N3O. The maximum absolute atomic E-state index is 5.18. The van der Waals surface area contributed by atoms with E-state index in [0.717, 1.165) is 37.6 Å². The number of hydrogen-bond donors (Lipinski definition) is 1. The fourth-order valence-corrected chi connectivity index (χ4v) is 2.30. The fraction of sp³-hybridized carbons (Fsp3) is 0.643. The zero-order valence-electron chi connectivity index (χ0n) is 11.4. The van der Waals surface area contributed by atoms with Crippen LogP contribution in [-0.2, 0) is 4.74 Å². The van der Waals surface area contributed by atoms with Crippen LogP contribution in [0.15, 0.2) is 18.3 Å². The molecule has 1 atom stereocenters. The maximum atomic E-state index is 5.18. The van der Waals surface area contributed by atoms with E-state index in [1.54, 1.807) is 7.11 Å². The Morgan fingerprint density at radius 2 is 2.17 bits per heavy atom. The number of methoxy groups -OCH3 is 1. The summed E-state index contributed by atoms with van der Waals surface area (Å²) in [6, 6.07) is 4.57. The molecule has 1 N–H and O–H groups in total. The third-order valence-corrected chi connectivity index (χ3v) is 3.41. The van der Waals surface area contributed by atoms with Crippen LogP contribution < -0.4 is 10.2 Å². The van der Waals surface area contributed by atoms with Gasteiger partial charge in [-0.3, -0.25) is 0 Å². The van der Waals surface area contributed by atoms with Gasteiger partial charge in [-0.15, -0.1) is 0 Å². The van der Waals surface area contributed by atoms with E-state index in [-0.39, 0.29) is 0 Å². The molecule has 0 aliphatic carbocycles. The van der Waals surface area contributed by atoms with E-state index in [2.05, 4.69) is 34.3 Å². The van der Waals surface area contributed by atoms with Gasteiger partial charge in [-0.1, -0.05) is 6.92 Å². The summed E-state index contributed by atoms with van der Waals surface area (Å²) in [4.78, 5) is 6.87. The first kappa shape index (κ1) is 13.1. The smallest absolute Gasteiger partial charge is 0.128 e. The largest absolute Gasteiger partial charge is 0.383 e. The van der Waals surface area contributed by atoms with Gasteiger partial charge in [-0.2, -0.15) is 0 Å². The standard InChI is InChI=1S/C14H23N3O/c1-3-12(11-18-2)16-13-6-7-14(15-10-13)17-8-4-5-9-17/h6-7,10,12,16H,3-5,8-9,11H2,1-2H3. The molecule has 1 fully saturated rings. The molecule has 1 unspecified atom stereocenters. The van der Waals surface area contributed by atoms with Crippen LogP contribution in [0, 0.1) is 0 Å². The first-order valence-corrected chi connectivity index (χ1v) is 6.80.